The highest BCUT2D eigenvalue weighted by molar-refractivity contribution is 5.83. The van der Waals surface area contributed by atoms with Gasteiger partial charge < -0.3 is 19.5 Å². The minimum Gasteiger partial charge on any atom is -0.493 e. The zero-order valence-corrected chi connectivity index (χ0v) is 18.5. The van der Waals surface area contributed by atoms with Crippen LogP contribution in [0.4, 0.5) is 0 Å². The van der Waals surface area contributed by atoms with Gasteiger partial charge >= 0.3 is 5.97 Å². The topological polar surface area (TPSA) is 73.9 Å². The van der Waals surface area contributed by atoms with Crippen molar-refractivity contribution in [3.63, 3.8) is 0 Å². The highest BCUT2D eigenvalue weighted by atomic mass is 16.5. The number of ether oxygens (including phenoxy) is 3. The molecule has 4 atom stereocenters. The van der Waals surface area contributed by atoms with Crippen LogP contribution in [0.15, 0.2) is 18.2 Å². The number of carbonyl (C=O) groups is 2. The second-order valence-corrected chi connectivity index (χ2v) is 8.45. The van der Waals surface area contributed by atoms with Crippen LogP contribution in [0.25, 0.3) is 0 Å². The Morgan fingerprint density at radius 1 is 1.14 bits per heavy atom. The van der Waals surface area contributed by atoms with Gasteiger partial charge in [0.05, 0.1) is 14.2 Å². The number of amides is 1. The van der Waals surface area contributed by atoms with E-state index in [1.807, 2.05) is 12.1 Å². The van der Waals surface area contributed by atoms with Gasteiger partial charge in [0.15, 0.2) is 11.5 Å². The molecule has 162 valence electrons. The maximum Gasteiger partial charge on any atom is 0.329 e. The van der Waals surface area contributed by atoms with E-state index < -0.39 is 6.04 Å². The van der Waals surface area contributed by atoms with Crippen molar-refractivity contribution >= 4 is 11.9 Å². The summed E-state index contributed by atoms with van der Waals surface area (Å²) in [6.07, 6.45) is 3.33. The summed E-state index contributed by atoms with van der Waals surface area (Å²) in [5.41, 5.74) is 0.857. The molecule has 0 radical (unpaired) electrons. The Labute approximate surface area is 174 Å². The number of hydrogen-bond acceptors (Lipinski definition) is 5. The molecule has 0 aliphatic heterocycles. The van der Waals surface area contributed by atoms with Crippen molar-refractivity contribution in [1.29, 1.82) is 0 Å². The molecule has 0 heterocycles. The number of nitrogens with one attached hydrogen (secondary N) is 1. The molecule has 6 nitrogen and oxygen atoms in total. The first-order valence-electron chi connectivity index (χ1n) is 10.4. The molecule has 1 aliphatic rings. The largest absolute Gasteiger partial charge is 0.493 e. The number of benzene rings is 1. The third-order valence-corrected chi connectivity index (χ3v) is 5.78. The molecule has 3 unspecified atom stereocenters. The number of carbonyl (C=O) groups excluding carboxylic acids is 2. The first-order chi connectivity index (χ1) is 13.7. The van der Waals surface area contributed by atoms with Crippen LogP contribution in [-0.4, -0.2) is 38.2 Å². The molecule has 0 spiro atoms. The summed E-state index contributed by atoms with van der Waals surface area (Å²) in [6, 6.07) is 4.74. The summed E-state index contributed by atoms with van der Waals surface area (Å²) >= 11 is 0. The van der Waals surface area contributed by atoms with Gasteiger partial charge in [0, 0.05) is 13.3 Å². The van der Waals surface area contributed by atoms with Crippen LogP contribution in [-0.2, 0) is 20.7 Å². The van der Waals surface area contributed by atoms with Gasteiger partial charge in [0.1, 0.15) is 12.1 Å². The summed E-state index contributed by atoms with van der Waals surface area (Å²) < 4.78 is 16.6. The molecule has 1 aromatic carbocycles. The Kier molecular flexibility index (Phi) is 8.35. The van der Waals surface area contributed by atoms with Crippen LogP contribution < -0.4 is 14.8 Å². The van der Waals surface area contributed by atoms with Crippen LogP contribution in [0, 0.1) is 17.8 Å². The Morgan fingerprint density at radius 3 is 2.41 bits per heavy atom. The van der Waals surface area contributed by atoms with Gasteiger partial charge in [-0.2, -0.15) is 0 Å². The molecule has 1 aliphatic carbocycles. The zero-order chi connectivity index (χ0) is 21.6. The number of esters is 1. The molecule has 1 N–H and O–H groups in total. The van der Waals surface area contributed by atoms with E-state index in [1.54, 1.807) is 20.3 Å². The van der Waals surface area contributed by atoms with Crippen molar-refractivity contribution in [2.45, 2.75) is 65.5 Å². The second-order valence-electron chi connectivity index (χ2n) is 8.45. The van der Waals surface area contributed by atoms with E-state index in [2.05, 4.69) is 26.1 Å². The molecular weight excluding hydrogens is 370 g/mol. The first kappa shape index (κ1) is 23.0. The van der Waals surface area contributed by atoms with Crippen LogP contribution in [0.5, 0.6) is 11.5 Å². The first-order valence-corrected chi connectivity index (χ1v) is 10.4. The van der Waals surface area contributed by atoms with Crippen molar-refractivity contribution in [3.05, 3.63) is 23.8 Å². The van der Waals surface area contributed by atoms with Crippen LogP contribution in [0.1, 0.15) is 52.5 Å². The molecule has 29 heavy (non-hydrogen) atoms. The zero-order valence-electron chi connectivity index (χ0n) is 18.5. The predicted molar refractivity (Wildman–Crippen MR) is 112 cm³/mol. The molecule has 1 aromatic rings. The van der Waals surface area contributed by atoms with Gasteiger partial charge in [-0.05, 0) is 48.3 Å². The van der Waals surface area contributed by atoms with Gasteiger partial charge in [-0.3, -0.25) is 4.79 Å². The molecule has 0 bridgehead atoms. The van der Waals surface area contributed by atoms with Crippen molar-refractivity contribution in [3.8, 4) is 11.5 Å². The minimum absolute atomic E-state index is 0.104. The van der Waals surface area contributed by atoms with Crippen molar-refractivity contribution < 1.29 is 23.8 Å². The van der Waals surface area contributed by atoms with Crippen LogP contribution >= 0.6 is 0 Å². The Balaban J connectivity index is 2.16. The molecule has 0 aromatic heterocycles. The van der Waals surface area contributed by atoms with Gasteiger partial charge in [0.25, 0.3) is 0 Å². The third-order valence-electron chi connectivity index (χ3n) is 5.78. The Hall–Kier alpha value is -2.24. The predicted octanol–water partition coefficient (Wildman–Crippen LogP) is 3.76. The van der Waals surface area contributed by atoms with Gasteiger partial charge in [-0.15, -0.1) is 0 Å². The fourth-order valence-electron chi connectivity index (χ4n) is 4.16. The molecule has 1 amide bonds. The number of hydrogen-bond donors (Lipinski definition) is 1. The van der Waals surface area contributed by atoms with Crippen molar-refractivity contribution in [1.82, 2.24) is 5.32 Å². The average Bonchev–Trinajstić information content (AvgIpc) is 2.66. The van der Waals surface area contributed by atoms with Crippen LogP contribution in [0.2, 0.25) is 0 Å². The summed E-state index contributed by atoms with van der Waals surface area (Å²) in [7, 11) is 3.14. The molecule has 1 saturated carbocycles. The highest BCUT2D eigenvalue weighted by Crippen LogP contribution is 2.35. The maximum atomic E-state index is 13.0. The third kappa shape index (κ3) is 6.38. The summed E-state index contributed by atoms with van der Waals surface area (Å²) in [6.45, 7) is 7.97. The summed E-state index contributed by atoms with van der Waals surface area (Å²) in [4.78, 5) is 24.7. The van der Waals surface area contributed by atoms with E-state index in [1.165, 1.54) is 6.92 Å². The lowest BCUT2D eigenvalue weighted by Gasteiger charge is -2.37. The number of methoxy groups -OCH3 is 2. The van der Waals surface area contributed by atoms with Gasteiger partial charge in [-0.1, -0.05) is 33.3 Å². The minimum atomic E-state index is -0.740. The van der Waals surface area contributed by atoms with E-state index in [-0.39, 0.29) is 18.0 Å². The fraction of sp³-hybridized carbons (Fsp3) is 0.652. The smallest absolute Gasteiger partial charge is 0.329 e. The SMILES string of the molecule is COc1ccc(C[C@@H](NC(C)=O)C(=O)OC2CC(C)CCC2C(C)C)cc1OC. The standard InChI is InChI=1S/C23H35NO5/c1-14(2)18-9-7-15(3)11-21(18)29-23(26)19(24-16(4)25)12-17-8-10-20(27-5)22(13-17)28-6/h8,10,13-15,18-19,21H,7,9,11-12H2,1-6H3,(H,24,25)/t15?,18?,19-,21?/m1/s1. The normalized spacial score (nSPS) is 22.7. The molecule has 6 heteroatoms. The van der Waals surface area contributed by atoms with Crippen LogP contribution in [0.3, 0.4) is 0 Å². The van der Waals surface area contributed by atoms with Gasteiger partial charge in [0.2, 0.25) is 5.91 Å². The van der Waals surface area contributed by atoms with E-state index in [0.29, 0.717) is 35.7 Å². The summed E-state index contributed by atoms with van der Waals surface area (Å²) in [5, 5.41) is 2.75. The maximum absolute atomic E-state index is 13.0. The van der Waals surface area contributed by atoms with Gasteiger partial charge in [-0.25, -0.2) is 4.79 Å². The average molecular weight is 406 g/mol. The lowest BCUT2D eigenvalue weighted by Crippen LogP contribution is -2.45. The van der Waals surface area contributed by atoms with E-state index >= 15 is 0 Å². The van der Waals surface area contributed by atoms with Crippen molar-refractivity contribution in [2.75, 3.05) is 14.2 Å². The second kappa shape index (κ2) is 10.5. The van der Waals surface area contributed by atoms with Crippen molar-refractivity contribution in [2.24, 2.45) is 17.8 Å². The fourth-order valence-corrected chi connectivity index (χ4v) is 4.16. The molecule has 0 saturated heterocycles. The lowest BCUT2D eigenvalue weighted by atomic mass is 9.75. The van der Waals surface area contributed by atoms with E-state index in [0.717, 1.165) is 24.8 Å². The monoisotopic (exact) mass is 405 g/mol. The Bertz CT molecular complexity index is 703. The Morgan fingerprint density at radius 2 is 1.83 bits per heavy atom. The molecule has 1 fully saturated rings. The lowest BCUT2D eigenvalue weighted by molar-refractivity contribution is -0.159. The quantitative estimate of drug-likeness (QED) is 0.667. The molecular formula is C23H35NO5. The molecule has 2 rings (SSSR count). The number of rotatable bonds is 8. The van der Waals surface area contributed by atoms with E-state index in [4.69, 9.17) is 14.2 Å². The highest BCUT2D eigenvalue weighted by Gasteiger charge is 2.35. The summed E-state index contributed by atoms with van der Waals surface area (Å²) in [5.74, 6) is 1.91. The van der Waals surface area contributed by atoms with E-state index in [9.17, 15) is 9.59 Å².